The van der Waals surface area contributed by atoms with E-state index >= 15 is 0 Å². The van der Waals surface area contributed by atoms with E-state index in [4.69, 9.17) is 0 Å². The zero-order valence-corrected chi connectivity index (χ0v) is 22.1. The van der Waals surface area contributed by atoms with Gasteiger partial charge in [-0.15, -0.1) is 0 Å². The van der Waals surface area contributed by atoms with Crippen molar-refractivity contribution >= 4 is 40.8 Å². The molecule has 2 aromatic carbocycles. The van der Waals surface area contributed by atoms with Crippen LogP contribution >= 0.6 is 0 Å². The van der Waals surface area contributed by atoms with E-state index in [1.54, 1.807) is 12.1 Å². The van der Waals surface area contributed by atoms with Gasteiger partial charge in [0.05, 0.1) is 0 Å². The van der Waals surface area contributed by atoms with Gasteiger partial charge < -0.3 is 0 Å². The Labute approximate surface area is 203 Å². The van der Waals surface area contributed by atoms with Gasteiger partial charge >= 0.3 is 204 Å². The van der Waals surface area contributed by atoms with Crippen molar-refractivity contribution in [3.63, 3.8) is 0 Å². The molecule has 2 fully saturated rings. The van der Waals surface area contributed by atoms with E-state index in [0.717, 1.165) is 10.9 Å². The summed E-state index contributed by atoms with van der Waals surface area (Å²) in [6.45, 7) is 5.88. The van der Waals surface area contributed by atoms with Crippen LogP contribution in [-0.2, 0) is 19.4 Å². The van der Waals surface area contributed by atoms with Crippen molar-refractivity contribution < 1.29 is 18.0 Å². The number of carbonyl (C=O) groups is 2. The average Bonchev–Trinajstić information content (AvgIpc) is 3.10. The Bertz CT molecular complexity index is 1120. The molecule has 0 saturated heterocycles. The maximum atomic E-state index is 13.3. The van der Waals surface area contributed by atoms with E-state index < -0.39 is 15.3 Å². The molecule has 4 nitrogen and oxygen atoms in total. The minimum absolute atomic E-state index is 0.00268. The summed E-state index contributed by atoms with van der Waals surface area (Å²) in [6, 6.07) is 17.2. The summed E-state index contributed by atoms with van der Waals surface area (Å²) < 4.78 is 27.8. The molecule has 2 saturated carbocycles. The van der Waals surface area contributed by atoms with Crippen LogP contribution in [0.4, 0.5) is 0 Å². The number of Topliss-reactive ketones (excluding diaryl/α,β-unsaturated/α-hetero) is 2. The topological polar surface area (TPSA) is 68.3 Å². The maximum absolute atomic E-state index is 13.3. The van der Waals surface area contributed by atoms with E-state index in [-0.39, 0.29) is 49.5 Å². The van der Waals surface area contributed by atoms with E-state index in [0.29, 0.717) is 30.6 Å². The standard InChI is InChI=1S/C27H32O4SSe/c1-19-9-11-22(12-10-19)32(30,31)17-20-13-27(24(28)15-26(2,3)16-25(27)29)14-21(20)18-33-23-7-5-4-6-8-23/h4-12,20-21H,13-18H2,1-3H3/t20-,21+/m0/s1. The van der Waals surface area contributed by atoms with Gasteiger partial charge in [-0.1, -0.05) is 0 Å². The second-order valence-electron chi connectivity index (χ2n) is 10.6. The molecule has 0 heterocycles. The number of rotatable bonds is 6. The molecule has 2 atom stereocenters. The van der Waals surface area contributed by atoms with Gasteiger partial charge in [-0.3, -0.25) is 0 Å². The van der Waals surface area contributed by atoms with Crippen LogP contribution in [-0.4, -0.2) is 40.7 Å². The van der Waals surface area contributed by atoms with Crippen LogP contribution in [0, 0.1) is 29.6 Å². The monoisotopic (exact) mass is 532 g/mol. The molecular weight excluding hydrogens is 499 g/mol. The molecular formula is C27H32O4SSe. The molecule has 33 heavy (non-hydrogen) atoms. The second-order valence-corrected chi connectivity index (χ2v) is 14.9. The van der Waals surface area contributed by atoms with Crippen LogP contribution in [0.1, 0.15) is 45.1 Å². The molecule has 0 radical (unpaired) electrons. The number of hydrogen-bond donors (Lipinski definition) is 0. The molecule has 2 aromatic rings. The number of carbonyl (C=O) groups excluding carboxylic acids is 2. The van der Waals surface area contributed by atoms with Crippen molar-refractivity contribution in [1.29, 1.82) is 0 Å². The predicted molar refractivity (Wildman–Crippen MR) is 132 cm³/mol. The van der Waals surface area contributed by atoms with Crippen LogP contribution in [0.15, 0.2) is 59.5 Å². The fourth-order valence-electron chi connectivity index (χ4n) is 5.43. The Morgan fingerprint density at radius 2 is 1.45 bits per heavy atom. The Hall–Kier alpha value is -1.75. The minimum atomic E-state index is -3.51. The van der Waals surface area contributed by atoms with Crippen molar-refractivity contribution in [2.45, 2.75) is 56.7 Å². The molecule has 176 valence electrons. The third kappa shape index (κ3) is 5.18. The molecule has 0 amide bonds. The average molecular weight is 532 g/mol. The third-order valence-corrected chi connectivity index (χ3v) is 11.6. The second kappa shape index (κ2) is 9.13. The Morgan fingerprint density at radius 3 is 2.06 bits per heavy atom. The van der Waals surface area contributed by atoms with Crippen molar-refractivity contribution in [1.82, 2.24) is 0 Å². The summed E-state index contributed by atoms with van der Waals surface area (Å²) >= 11 is 0.170. The zero-order chi connectivity index (χ0) is 23.9. The first kappa shape index (κ1) is 24.4. The molecule has 0 bridgehead atoms. The number of sulfone groups is 1. The summed E-state index contributed by atoms with van der Waals surface area (Å²) in [4.78, 5) is 27.0. The van der Waals surface area contributed by atoms with Gasteiger partial charge in [-0.05, 0) is 0 Å². The Balaban J connectivity index is 1.61. The van der Waals surface area contributed by atoms with Crippen LogP contribution in [0.2, 0.25) is 5.32 Å². The van der Waals surface area contributed by atoms with Gasteiger partial charge in [0.1, 0.15) is 0 Å². The van der Waals surface area contributed by atoms with E-state index in [9.17, 15) is 18.0 Å². The van der Waals surface area contributed by atoms with Gasteiger partial charge in [-0.2, -0.15) is 0 Å². The first-order chi connectivity index (χ1) is 15.5. The Kier molecular flexibility index (Phi) is 6.74. The molecule has 0 unspecified atom stereocenters. The molecule has 0 aliphatic heterocycles. The summed E-state index contributed by atoms with van der Waals surface area (Å²) in [6.07, 6.45) is 1.67. The van der Waals surface area contributed by atoms with Crippen molar-refractivity contribution in [2.24, 2.45) is 22.7 Å². The molecule has 2 aliphatic rings. The fraction of sp³-hybridized carbons (Fsp3) is 0.481. The summed E-state index contributed by atoms with van der Waals surface area (Å²) in [5, 5.41) is 0.844. The number of aryl methyl sites for hydroxylation is 1. The number of benzene rings is 2. The van der Waals surface area contributed by atoms with Gasteiger partial charge in [0.25, 0.3) is 0 Å². The van der Waals surface area contributed by atoms with E-state index in [1.165, 1.54) is 4.46 Å². The van der Waals surface area contributed by atoms with Crippen molar-refractivity contribution in [3.8, 4) is 0 Å². The molecule has 0 N–H and O–H groups in total. The molecule has 0 aromatic heterocycles. The zero-order valence-electron chi connectivity index (χ0n) is 19.5. The summed E-state index contributed by atoms with van der Waals surface area (Å²) in [5.41, 5.74) is -0.284. The van der Waals surface area contributed by atoms with Crippen molar-refractivity contribution in [3.05, 3.63) is 60.2 Å². The fourth-order valence-corrected chi connectivity index (χ4v) is 9.53. The summed E-state index contributed by atoms with van der Waals surface area (Å²) in [5.74, 6) is -0.0833. The van der Waals surface area contributed by atoms with Crippen molar-refractivity contribution in [2.75, 3.05) is 5.75 Å². The molecule has 6 heteroatoms. The van der Waals surface area contributed by atoms with E-state index in [1.807, 2.05) is 51.1 Å². The molecule has 1 spiro atoms. The quantitative estimate of drug-likeness (QED) is 0.414. The third-order valence-electron chi connectivity index (χ3n) is 7.25. The van der Waals surface area contributed by atoms with Crippen LogP contribution < -0.4 is 4.46 Å². The van der Waals surface area contributed by atoms with Crippen LogP contribution in [0.3, 0.4) is 0 Å². The number of hydrogen-bond acceptors (Lipinski definition) is 4. The first-order valence-corrected chi connectivity index (χ1v) is 15.3. The van der Waals surface area contributed by atoms with E-state index in [2.05, 4.69) is 12.1 Å². The van der Waals surface area contributed by atoms with Gasteiger partial charge in [-0.25, -0.2) is 0 Å². The first-order valence-electron chi connectivity index (χ1n) is 11.5. The Morgan fingerprint density at radius 1 is 0.879 bits per heavy atom. The molecule has 4 rings (SSSR count). The van der Waals surface area contributed by atoms with Gasteiger partial charge in [0.15, 0.2) is 0 Å². The SMILES string of the molecule is Cc1ccc(S(=O)(=O)C[C@@H]2CC3(C[C@@H]2C[Se]c2ccccc2)C(=O)CC(C)(C)CC3=O)cc1. The molecule has 2 aliphatic carbocycles. The normalized spacial score (nSPS) is 24.3. The predicted octanol–water partition coefficient (Wildman–Crippen LogP) is 4.19. The van der Waals surface area contributed by atoms with Gasteiger partial charge in [0, 0.05) is 0 Å². The summed E-state index contributed by atoms with van der Waals surface area (Å²) in [7, 11) is -3.51. The van der Waals surface area contributed by atoms with Crippen LogP contribution in [0.25, 0.3) is 0 Å². The van der Waals surface area contributed by atoms with Gasteiger partial charge in [0.2, 0.25) is 0 Å². The van der Waals surface area contributed by atoms with Crippen LogP contribution in [0.5, 0.6) is 0 Å². The number of ketones is 2.